The first-order valence-corrected chi connectivity index (χ1v) is 13.3. The lowest BCUT2D eigenvalue weighted by Gasteiger charge is -2.29. The van der Waals surface area contributed by atoms with Crippen LogP contribution in [0, 0.1) is 11.6 Å². The fourth-order valence-electron chi connectivity index (χ4n) is 5.08. The number of fused-ring (bicyclic) bond motifs is 1. The van der Waals surface area contributed by atoms with Crippen molar-refractivity contribution in [3.63, 3.8) is 0 Å². The first kappa shape index (κ1) is 29.1. The monoisotopic (exact) mass is 591 g/mol. The summed E-state index contributed by atoms with van der Waals surface area (Å²) in [6.45, 7) is 0.0503. The Morgan fingerprint density at radius 3 is 2.70 bits per heavy atom. The number of anilines is 1. The van der Waals surface area contributed by atoms with Crippen molar-refractivity contribution >= 4 is 40.4 Å². The summed E-state index contributed by atoms with van der Waals surface area (Å²) in [5.41, 5.74) is 1.29. The second-order valence-electron chi connectivity index (χ2n) is 9.80. The largest absolute Gasteiger partial charge is 0.467 e. The van der Waals surface area contributed by atoms with Crippen molar-refractivity contribution < 1.29 is 32.7 Å². The number of hydrogen-bond donors (Lipinski definition) is 4. The van der Waals surface area contributed by atoms with E-state index in [1.807, 2.05) is 24.3 Å². The zero-order valence-corrected chi connectivity index (χ0v) is 22.8. The van der Waals surface area contributed by atoms with Crippen molar-refractivity contribution in [2.45, 2.75) is 31.0 Å². The molecule has 1 aliphatic rings. The van der Waals surface area contributed by atoms with Crippen molar-refractivity contribution in [2.24, 2.45) is 0 Å². The average molecular weight is 592 g/mol. The van der Waals surface area contributed by atoms with Gasteiger partial charge in [0.15, 0.2) is 0 Å². The van der Waals surface area contributed by atoms with Crippen molar-refractivity contribution in [2.75, 3.05) is 19.0 Å². The number of aromatic amines is 1. The number of urea groups is 1. The predicted octanol–water partition coefficient (Wildman–Crippen LogP) is 2.54. The van der Waals surface area contributed by atoms with Gasteiger partial charge in [-0.2, -0.15) is 0 Å². The number of nitrogens with zero attached hydrogens (tertiary/aromatic N) is 3. The molecular weight excluding hydrogens is 564 g/mol. The standard InChI is InChI=1S/C29H27F2N7O5/c1-43-28(41)23(12-16-14-34-20-5-3-2-4-18(16)20)35-26(39)25-22(8-11-38(25)27(40)24-15-32-9-10-33-24)37-29(42)36-21-7-6-17(30)13-19(21)31/h2-7,9-10,13-15,22-23,25,34H,8,11-12H2,1H3,(H,35,39)(H2,36,37,42)/t22-,23+,25-/m0/s1. The molecular formula is C29H27F2N7O5. The molecule has 3 heterocycles. The Labute approximate surface area is 243 Å². The van der Waals surface area contributed by atoms with Crippen molar-refractivity contribution in [1.82, 2.24) is 30.5 Å². The van der Waals surface area contributed by atoms with Gasteiger partial charge in [0.1, 0.15) is 29.4 Å². The molecule has 0 spiro atoms. The van der Waals surface area contributed by atoms with Crippen LogP contribution in [0.2, 0.25) is 0 Å². The molecule has 4 N–H and O–H groups in total. The van der Waals surface area contributed by atoms with E-state index >= 15 is 0 Å². The lowest BCUT2D eigenvalue weighted by molar-refractivity contribution is -0.145. The van der Waals surface area contributed by atoms with E-state index in [9.17, 15) is 28.0 Å². The Morgan fingerprint density at radius 1 is 1.14 bits per heavy atom. The number of halogens is 2. The maximum atomic E-state index is 14.1. The number of ether oxygens (including phenoxy) is 1. The Morgan fingerprint density at radius 2 is 1.95 bits per heavy atom. The number of methoxy groups -OCH3 is 1. The van der Waals surface area contributed by atoms with E-state index in [2.05, 4.69) is 30.9 Å². The Bertz CT molecular complexity index is 1670. The number of carbonyl (C=O) groups is 4. The van der Waals surface area contributed by atoms with Crippen molar-refractivity contribution in [3.8, 4) is 0 Å². The number of nitrogens with one attached hydrogen (secondary N) is 4. The van der Waals surface area contributed by atoms with Crippen LogP contribution >= 0.6 is 0 Å². The van der Waals surface area contributed by atoms with E-state index in [0.717, 1.165) is 28.6 Å². The maximum Gasteiger partial charge on any atom is 0.328 e. The van der Waals surface area contributed by atoms with Gasteiger partial charge in [0.2, 0.25) is 5.91 Å². The van der Waals surface area contributed by atoms with E-state index in [-0.39, 0.29) is 30.8 Å². The molecule has 14 heteroatoms. The summed E-state index contributed by atoms with van der Waals surface area (Å²) < 4.78 is 32.4. The van der Waals surface area contributed by atoms with Gasteiger partial charge in [-0.05, 0) is 30.2 Å². The number of esters is 1. The number of H-pyrrole nitrogens is 1. The van der Waals surface area contributed by atoms with Gasteiger partial charge in [-0.1, -0.05) is 18.2 Å². The zero-order chi connectivity index (χ0) is 30.5. The number of likely N-dealkylation sites (tertiary alicyclic amines) is 1. The van der Waals surface area contributed by atoms with Crippen LogP contribution in [-0.2, 0) is 20.7 Å². The highest BCUT2D eigenvalue weighted by Gasteiger charge is 2.44. The number of para-hydroxylation sites is 1. The quantitative estimate of drug-likeness (QED) is 0.229. The van der Waals surface area contributed by atoms with Gasteiger partial charge in [-0.15, -0.1) is 0 Å². The molecule has 2 aromatic carbocycles. The maximum absolute atomic E-state index is 14.1. The topological polar surface area (TPSA) is 158 Å². The van der Waals surface area contributed by atoms with Crippen LogP contribution in [0.1, 0.15) is 22.5 Å². The number of hydrogen-bond acceptors (Lipinski definition) is 7. The van der Waals surface area contributed by atoms with Crippen LogP contribution in [0.3, 0.4) is 0 Å². The Kier molecular flexibility index (Phi) is 8.55. The molecule has 2 aromatic heterocycles. The second-order valence-corrected chi connectivity index (χ2v) is 9.80. The third-order valence-corrected chi connectivity index (χ3v) is 7.11. The van der Waals surface area contributed by atoms with Gasteiger partial charge in [0, 0.05) is 48.5 Å². The van der Waals surface area contributed by atoms with E-state index in [1.165, 1.54) is 30.6 Å². The summed E-state index contributed by atoms with van der Waals surface area (Å²) in [4.78, 5) is 65.1. The van der Waals surface area contributed by atoms with Gasteiger partial charge >= 0.3 is 12.0 Å². The van der Waals surface area contributed by atoms with E-state index in [4.69, 9.17) is 4.74 Å². The molecule has 222 valence electrons. The highest BCUT2D eigenvalue weighted by atomic mass is 19.1. The van der Waals surface area contributed by atoms with Crippen LogP contribution in [0.25, 0.3) is 10.9 Å². The summed E-state index contributed by atoms with van der Waals surface area (Å²) in [6.07, 6.45) is 5.92. The molecule has 1 aliphatic heterocycles. The van der Waals surface area contributed by atoms with Crippen LogP contribution in [0.15, 0.2) is 67.3 Å². The molecule has 1 fully saturated rings. The van der Waals surface area contributed by atoms with Gasteiger partial charge in [-0.25, -0.2) is 23.4 Å². The van der Waals surface area contributed by atoms with Crippen LogP contribution in [-0.4, -0.2) is 75.4 Å². The molecule has 4 amide bonds. The van der Waals surface area contributed by atoms with Crippen molar-refractivity contribution in [1.29, 1.82) is 0 Å². The minimum absolute atomic E-state index is 0.0258. The number of rotatable bonds is 8. The smallest absolute Gasteiger partial charge is 0.328 e. The molecule has 43 heavy (non-hydrogen) atoms. The van der Waals surface area contributed by atoms with Crippen LogP contribution in [0.5, 0.6) is 0 Å². The molecule has 5 rings (SSSR count). The molecule has 0 saturated carbocycles. The Balaban J connectivity index is 1.39. The molecule has 0 unspecified atom stereocenters. The minimum Gasteiger partial charge on any atom is -0.467 e. The third kappa shape index (κ3) is 6.42. The molecule has 0 aliphatic carbocycles. The number of carbonyl (C=O) groups excluding carboxylic acids is 4. The van der Waals surface area contributed by atoms with Crippen LogP contribution in [0.4, 0.5) is 19.3 Å². The fourth-order valence-corrected chi connectivity index (χ4v) is 5.08. The molecule has 1 saturated heterocycles. The number of amides is 4. The first-order chi connectivity index (χ1) is 20.7. The first-order valence-electron chi connectivity index (χ1n) is 13.3. The molecule has 3 atom stereocenters. The van der Waals surface area contributed by atoms with Crippen molar-refractivity contribution in [3.05, 3.63) is 90.1 Å². The second kappa shape index (κ2) is 12.6. The zero-order valence-electron chi connectivity index (χ0n) is 22.8. The summed E-state index contributed by atoms with van der Waals surface area (Å²) in [5, 5.41) is 8.43. The SMILES string of the molecule is COC(=O)[C@@H](Cc1c[nH]c2ccccc12)NC(=O)[C@@H]1[C@@H](NC(=O)Nc2ccc(F)cc2F)CCN1C(=O)c1cnccn1. The number of aromatic nitrogens is 3. The number of benzene rings is 2. The molecule has 12 nitrogen and oxygen atoms in total. The third-order valence-electron chi connectivity index (χ3n) is 7.11. The van der Waals surface area contributed by atoms with E-state index < -0.39 is 53.6 Å². The lowest BCUT2D eigenvalue weighted by atomic mass is 10.0. The van der Waals surface area contributed by atoms with E-state index in [1.54, 1.807) is 6.20 Å². The lowest BCUT2D eigenvalue weighted by Crippen LogP contribution is -2.58. The van der Waals surface area contributed by atoms with E-state index in [0.29, 0.717) is 6.07 Å². The van der Waals surface area contributed by atoms with Gasteiger partial charge in [0.25, 0.3) is 5.91 Å². The average Bonchev–Trinajstić information content (AvgIpc) is 3.62. The Hall–Kier alpha value is -5.40. The van der Waals surface area contributed by atoms with Gasteiger partial charge < -0.3 is 30.6 Å². The fraction of sp³-hybridized carbons (Fsp3) is 0.241. The molecule has 4 aromatic rings. The highest BCUT2D eigenvalue weighted by Crippen LogP contribution is 2.23. The van der Waals surface area contributed by atoms with Gasteiger partial charge in [0.05, 0.1) is 25.0 Å². The molecule has 0 bridgehead atoms. The van der Waals surface area contributed by atoms with Crippen LogP contribution < -0.4 is 16.0 Å². The van der Waals surface area contributed by atoms with Gasteiger partial charge in [-0.3, -0.25) is 14.6 Å². The highest BCUT2D eigenvalue weighted by molar-refractivity contribution is 5.98. The summed E-state index contributed by atoms with van der Waals surface area (Å²) in [5.74, 6) is -3.87. The summed E-state index contributed by atoms with van der Waals surface area (Å²) in [6, 6.07) is 5.85. The normalized spacial score (nSPS) is 16.9. The minimum atomic E-state index is -1.28. The molecule has 0 radical (unpaired) electrons. The predicted molar refractivity (Wildman–Crippen MR) is 150 cm³/mol. The summed E-state index contributed by atoms with van der Waals surface area (Å²) >= 11 is 0. The summed E-state index contributed by atoms with van der Waals surface area (Å²) in [7, 11) is 1.19.